The van der Waals surface area contributed by atoms with Crippen molar-refractivity contribution in [1.29, 1.82) is 0 Å². The van der Waals surface area contributed by atoms with Gasteiger partial charge in [-0.2, -0.15) is 0 Å². The van der Waals surface area contributed by atoms with Crippen molar-refractivity contribution in [2.45, 2.75) is 6.92 Å². The minimum absolute atomic E-state index is 0.00523. The lowest BCUT2D eigenvalue weighted by Crippen LogP contribution is -2.26. The fourth-order valence-electron chi connectivity index (χ4n) is 1.92. The van der Waals surface area contributed by atoms with Crippen LogP contribution in [0, 0.1) is 10.1 Å². The highest BCUT2D eigenvalue weighted by atomic mass is 16.6. The Balaban J connectivity index is 2.30. The summed E-state index contributed by atoms with van der Waals surface area (Å²) in [5.74, 6) is 0.00523. The molecule has 0 bridgehead atoms. The first kappa shape index (κ1) is 11.4. The van der Waals surface area contributed by atoms with E-state index in [1.165, 1.54) is 6.07 Å². The molecule has 0 N–H and O–H groups in total. The van der Waals surface area contributed by atoms with Crippen LogP contribution in [0.4, 0.5) is 11.4 Å². The number of rotatable bonds is 3. The first-order chi connectivity index (χ1) is 8.13. The average Bonchev–Trinajstić information content (AvgIpc) is 2.70. The van der Waals surface area contributed by atoms with E-state index >= 15 is 0 Å². The maximum atomic E-state index is 11.6. The lowest BCUT2D eigenvalue weighted by molar-refractivity contribution is -0.384. The second kappa shape index (κ2) is 4.40. The Labute approximate surface area is 98.6 Å². The lowest BCUT2D eigenvalue weighted by atomic mass is 10.2. The van der Waals surface area contributed by atoms with Crippen molar-refractivity contribution in [3.8, 4) is 0 Å². The number of hydrogen-bond acceptors (Lipinski definition) is 4. The molecule has 0 aromatic heterocycles. The van der Waals surface area contributed by atoms with Crippen LogP contribution in [0.3, 0.4) is 0 Å². The van der Waals surface area contributed by atoms with Crippen LogP contribution in [0.1, 0.15) is 6.92 Å². The highest BCUT2D eigenvalue weighted by Crippen LogP contribution is 2.29. The standard InChI is InChI=1S/C11H13N3O3/c1-2-12-8-13(7-11(12)15)9-5-3-4-6-10(9)14(16)17/h3-6H,2,7-8H2,1H3. The molecule has 1 aliphatic rings. The average molecular weight is 235 g/mol. The van der Waals surface area contributed by atoms with Crippen molar-refractivity contribution in [2.75, 3.05) is 24.7 Å². The van der Waals surface area contributed by atoms with Crippen LogP contribution in [0.2, 0.25) is 0 Å². The van der Waals surface area contributed by atoms with Crippen molar-refractivity contribution in [3.63, 3.8) is 0 Å². The van der Waals surface area contributed by atoms with Crippen LogP contribution in [-0.4, -0.2) is 35.5 Å². The third-order valence-corrected chi connectivity index (χ3v) is 2.82. The summed E-state index contributed by atoms with van der Waals surface area (Å²) in [6, 6.07) is 6.48. The smallest absolute Gasteiger partial charge is 0.292 e. The van der Waals surface area contributed by atoms with E-state index in [2.05, 4.69) is 0 Å². The summed E-state index contributed by atoms with van der Waals surface area (Å²) in [6.07, 6.45) is 0. The van der Waals surface area contributed by atoms with Gasteiger partial charge in [-0.1, -0.05) is 12.1 Å². The molecule has 6 nitrogen and oxygen atoms in total. The summed E-state index contributed by atoms with van der Waals surface area (Å²) in [7, 11) is 0. The molecule has 90 valence electrons. The quantitative estimate of drug-likeness (QED) is 0.583. The van der Waals surface area contributed by atoms with E-state index in [1.807, 2.05) is 6.92 Å². The number of para-hydroxylation sites is 2. The Morgan fingerprint density at radius 2 is 2.12 bits per heavy atom. The largest absolute Gasteiger partial charge is 0.339 e. The normalized spacial score (nSPS) is 15.5. The maximum Gasteiger partial charge on any atom is 0.292 e. The van der Waals surface area contributed by atoms with Crippen LogP contribution in [0.25, 0.3) is 0 Å². The third kappa shape index (κ3) is 2.06. The van der Waals surface area contributed by atoms with Crippen molar-refractivity contribution in [2.24, 2.45) is 0 Å². The fraction of sp³-hybridized carbons (Fsp3) is 0.364. The van der Waals surface area contributed by atoms with Gasteiger partial charge in [-0.05, 0) is 13.0 Å². The van der Waals surface area contributed by atoms with E-state index in [0.717, 1.165) is 0 Å². The second-order valence-corrected chi connectivity index (χ2v) is 3.83. The molecular weight excluding hydrogens is 222 g/mol. The molecule has 0 radical (unpaired) electrons. The maximum absolute atomic E-state index is 11.6. The van der Waals surface area contributed by atoms with Gasteiger partial charge in [0.05, 0.1) is 18.1 Å². The van der Waals surface area contributed by atoms with Crippen LogP contribution >= 0.6 is 0 Å². The van der Waals surface area contributed by atoms with Gasteiger partial charge in [0.15, 0.2) is 0 Å². The topological polar surface area (TPSA) is 66.7 Å². The monoisotopic (exact) mass is 235 g/mol. The van der Waals surface area contributed by atoms with Gasteiger partial charge in [0.25, 0.3) is 5.69 Å². The van der Waals surface area contributed by atoms with Gasteiger partial charge in [0.1, 0.15) is 5.69 Å². The molecular formula is C11H13N3O3. The van der Waals surface area contributed by atoms with Crippen LogP contribution in [0.5, 0.6) is 0 Å². The molecule has 1 saturated heterocycles. The van der Waals surface area contributed by atoms with Gasteiger partial charge < -0.3 is 9.80 Å². The zero-order chi connectivity index (χ0) is 12.4. The fourth-order valence-corrected chi connectivity index (χ4v) is 1.92. The van der Waals surface area contributed by atoms with Crippen molar-refractivity contribution in [3.05, 3.63) is 34.4 Å². The van der Waals surface area contributed by atoms with E-state index in [4.69, 9.17) is 0 Å². The molecule has 1 heterocycles. The predicted octanol–water partition coefficient (Wildman–Crippen LogP) is 1.22. The van der Waals surface area contributed by atoms with Gasteiger partial charge in [-0.3, -0.25) is 14.9 Å². The molecule has 17 heavy (non-hydrogen) atoms. The van der Waals surface area contributed by atoms with E-state index in [0.29, 0.717) is 18.9 Å². The third-order valence-electron chi connectivity index (χ3n) is 2.82. The summed E-state index contributed by atoms with van der Waals surface area (Å²) < 4.78 is 0. The van der Waals surface area contributed by atoms with E-state index in [-0.39, 0.29) is 18.1 Å². The number of benzene rings is 1. The molecule has 0 aliphatic carbocycles. The Hall–Kier alpha value is -2.11. The zero-order valence-electron chi connectivity index (χ0n) is 9.50. The van der Waals surface area contributed by atoms with Crippen molar-refractivity contribution in [1.82, 2.24) is 4.90 Å². The molecule has 1 fully saturated rings. The summed E-state index contributed by atoms with van der Waals surface area (Å²) in [5, 5.41) is 10.9. The Morgan fingerprint density at radius 1 is 1.41 bits per heavy atom. The SMILES string of the molecule is CCN1CN(c2ccccc2[N+](=O)[O-])CC1=O. The van der Waals surface area contributed by atoms with Crippen LogP contribution < -0.4 is 4.90 Å². The van der Waals surface area contributed by atoms with E-state index in [1.54, 1.807) is 28.0 Å². The van der Waals surface area contributed by atoms with Crippen molar-refractivity contribution < 1.29 is 9.72 Å². The van der Waals surface area contributed by atoms with Gasteiger partial charge in [0, 0.05) is 12.6 Å². The number of nitro benzene ring substituents is 1. The summed E-state index contributed by atoms with van der Waals surface area (Å²) >= 11 is 0. The number of anilines is 1. The first-order valence-electron chi connectivity index (χ1n) is 5.39. The van der Waals surface area contributed by atoms with E-state index in [9.17, 15) is 14.9 Å². The van der Waals surface area contributed by atoms with E-state index < -0.39 is 4.92 Å². The minimum atomic E-state index is -0.422. The first-order valence-corrected chi connectivity index (χ1v) is 5.39. The van der Waals surface area contributed by atoms with Gasteiger partial charge in [-0.25, -0.2) is 0 Å². The highest BCUT2D eigenvalue weighted by Gasteiger charge is 2.29. The number of likely N-dealkylation sites (N-methyl/N-ethyl adjacent to an activating group) is 1. The molecule has 0 saturated carbocycles. The molecule has 1 aromatic rings. The Kier molecular flexibility index (Phi) is 2.95. The summed E-state index contributed by atoms with van der Waals surface area (Å²) in [6.45, 7) is 3.13. The summed E-state index contributed by atoms with van der Waals surface area (Å²) in [4.78, 5) is 25.4. The second-order valence-electron chi connectivity index (χ2n) is 3.83. The Morgan fingerprint density at radius 3 is 2.71 bits per heavy atom. The minimum Gasteiger partial charge on any atom is -0.339 e. The number of nitrogens with zero attached hydrogens (tertiary/aromatic N) is 3. The van der Waals surface area contributed by atoms with Gasteiger partial charge in [-0.15, -0.1) is 0 Å². The molecule has 1 amide bonds. The highest BCUT2D eigenvalue weighted by molar-refractivity contribution is 5.86. The van der Waals surface area contributed by atoms with Crippen LogP contribution in [-0.2, 0) is 4.79 Å². The number of amides is 1. The number of nitro groups is 1. The Bertz CT molecular complexity index is 461. The van der Waals surface area contributed by atoms with Gasteiger partial charge >= 0.3 is 0 Å². The molecule has 0 spiro atoms. The van der Waals surface area contributed by atoms with Crippen molar-refractivity contribution >= 4 is 17.3 Å². The lowest BCUT2D eigenvalue weighted by Gasteiger charge is -2.18. The molecule has 0 atom stereocenters. The number of hydrogen-bond donors (Lipinski definition) is 0. The molecule has 6 heteroatoms. The summed E-state index contributed by atoms with van der Waals surface area (Å²) in [5.41, 5.74) is 0.542. The molecule has 2 rings (SSSR count). The predicted molar refractivity (Wildman–Crippen MR) is 62.7 cm³/mol. The molecule has 1 aliphatic heterocycles. The number of carbonyl (C=O) groups excluding carboxylic acids is 1. The van der Waals surface area contributed by atoms with Gasteiger partial charge in [0.2, 0.25) is 5.91 Å². The van der Waals surface area contributed by atoms with Crippen LogP contribution in [0.15, 0.2) is 24.3 Å². The number of carbonyl (C=O) groups is 1. The zero-order valence-corrected chi connectivity index (χ0v) is 9.50. The molecule has 1 aromatic carbocycles. The molecule has 0 unspecified atom stereocenters.